The highest BCUT2D eigenvalue weighted by Crippen LogP contribution is 2.02. The molecule has 1 fully saturated rings. The number of hydrogen-bond donors (Lipinski definition) is 2. The fourth-order valence-corrected chi connectivity index (χ4v) is 1.62. The minimum absolute atomic E-state index is 0.108. The summed E-state index contributed by atoms with van der Waals surface area (Å²) in [4.78, 5) is 19.6. The van der Waals surface area contributed by atoms with Crippen LogP contribution in [0.1, 0.15) is 19.8 Å². The molecule has 0 radical (unpaired) electrons. The fraction of sp³-hybridized carbons (Fsp3) is 0.800. The molecule has 0 unspecified atom stereocenters. The van der Waals surface area contributed by atoms with Crippen LogP contribution in [0.15, 0.2) is 4.99 Å². The summed E-state index contributed by atoms with van der Waals surface area (Å²) in [5, 5.41) is 0. The second-order valence-corrected chi connectivity index (χ2v) is 3.94. The second-order valence-electron chi connectivity index (χ2n) is 3.94. The van der Waals surface area contributed by atoms with Crippen LogP contribution in [0.3, 0.4) is 0 Å². The van der Waals surface area contributed by atoms with Crippen LogP contribution in [0.4, 0.5) is 0 Å². The normalized spacial score (nSPS) is 18.7. The first-order valence-corrected chi connectivity index (χ1v) is 5.69. The Hall–Kier alpha value is -1.30. The van der Waals surface area contributed by atoms with Crippen LogP contribution in [0.25, 0.3) is 0 Å². The number of aliphatic imine (C=N–C) groups is 1. The Morgan fingerprint density at radius 3 is 2.94 bits per heavy atom. The predicted octanol–water partition coefficient (Wildman–Crippen LogP) is -0.620. The third-order valence-corrected chi connectivity index (χ3v) is 2.59. The zero-order valence-electron chi connectivity index (χ0n) is 10.1. The number of amides is 1. The highest BCUT2D eigenvalue weighted by molar-refractivity contribution is 5.86. The molecular formula is C10H21N5O. The van der Waals surface area contributed by atoms with Crippen molar-refractivity contribution in [2.45, 2.75) is 19.8 Å². The maximum atomic E-state index is 11.7. The first-order valence-electron chi connectivity index (χ1n) is 5.69. The molecule has 0 aliphatic carbocycles. The van der Waals surface area contributed by atoms with Gasteiger partial charge in [-0.3, -0.25) is 15.2 Å². The van der Waals surface area contributed by atoms with Crippen LogP contribution < -0.4 is 11.3 Å². The first-order chi connectivity index (χ1) is 7.69. The summed E-state index contributed by atoms with van der Waals surface area (Å²) < 4.78 is 0. The highest BCUT2D eigenvalue weighted by Gasteiger charge is 2.20. The van der Waals surface area contributed by atoms with Gasteiger partial charge in [0.05, 0.1) is 6.54 Å². The van der Waals surface area contributed by atoms with Crippen molar-refractivity contribution < 1.29 is 4.79 Å². The van der Waals surface area contributed by atoms with E-state index in [0.717, 1.165) is 32.5 Å². The number of hydrazine groups is 1. The molecule has 0 aromatic rings. The van der Waals surface area contributed by atoms with Crippen LogP contribution in [-0.2, 0) is 4.79 Å². The van der Waals surface area contributed by atoms with Crippen molar-refractivity contribution in [3.63, 3.8) is 0 Å². The number of carbonyl (C=O) groups is 1. The lowest BCUT2D eigenvalue weighted by Crippen LogP contribution is -2.47. The van der Waals surface area contributed by atoms with Crippen LogP contribution in [-0.4, -0.2) is 54.9 Å². The van der Waals surface area contributed by atoms with Gasteiger partial charge in [-0.1, -0.05) is 6.92 Å². The lowest BCUT2D eigenvalue weighted by atomic mass is 10.4. The average molecular weight is 227 g/mol. The minimum Gasteiger partial charge on any atom is -0.344 e. The largest absolute Gasteiger partial charge is 0.344 e. The van der Waals surface area contributed by atoms with Crippen molar-refractivity contribution >= 4 is 11.9 Å². The maximum absolute atomic E-state index is 11.7. The Morgan fingerprint density at radius 2 is 2.31 bits per heavy atom. The average Bonchev–Trinajstić information content (AvgIpc) is 2.43. The number of carbonyl (C=O) groups excluding carboxylic acids is 1. The molecule has 0 aromatic heterocycles. The summed E-state index contributed by atoms with van der Waals surface area (Å²) in [5.74, 6) is 6.15. The molecule has 1 aliphatic rings. The Balaban J connectivity index is 2.66. The molecule has 0 aromatic carbocycles. The Bertz CT molecular complexity index is 266. The lowest BCUT2D eigenvalue weighted by Gasteiger charge is -2.22. The summed E-state index contributed by atoms with van der Waals surface area (Å²) in [6.07, 6.45) is 1.90. The van der Waals surface area contributed by atoms with Gasteiger partial charge in [0.1, 0.15) is 0 Å². The third-order valence-electron chi connectivity index (χ3n) is 2.59. The van der Waals surface area contributed by atoms with E-state index in [4.69, 9.17) is 5.84 Å². The Kier molecular flexibility index (Phi) is 5.04. The van der Waals surface area contributed by atoms with E-state index in [9.17, 15) is 4.79 Å². The number of rotatable bonds is 2. The first kappa shape index (κ1) is 12.8. The molecule has 1 heterocycles. The molecule has 16 heavy (non-hydrogen) atoms. The molecule has 6 nitrogen and oxygen atoms in total. The van der Waals surface area contributed by atoms with Crippen molar-refractivity contribution in [1.82, 2.24) is 15.2 Å². The standard InChI is InChI=1S/C10H21N5O/c1-3-5-12-10(13-11)15-7-4-6-14(2)9(16)8-15/h3-8,11H2,1-2H3,(H,12,13). The highest BCUT2D eigenvalue weighted by atomic mass is 16.2. The van der Waals surface area contributed by atoms with Gasteiger partial charge in [-0.25, -0.2) is 5.84 Å². The molecule has 1 rings (SSSR count). The number of nitrogens with two attached hydrogens (primary N) is 1. The van der Waals surface area contributed by atoms with Gasteiger partial charge in [0.15, 0.2) is 0 Å². The molecule has 1 aliphatic heterocycles. The van der Waals surface area contributed by atoms with Crippen molar-refractivity contribution in [3.05, 3.63) is 0 Å². The smallest absolute Gasteiger partial charge is 0.241 e. The summed E-state index contributed by atoms with van der Waals surface area (Å²) >= 11 is 0. The molecule has 6 heteroatoms. The summed E-state index contributed by atoms with van der Waals surface area (Å²) in [7, 11) is 1.82. The molecule has 0 spiro atoms. The lowest BCUT2D eigenvalue weighted by molar-refractivity contribution is -0.129. The number of likely N-dealkylation sites (N-methyl/N-ethyl adjacent to an activating group) is 1. The fourth-order valence-electron chi connectivity index (χ4n) is 1.62. The molecule has 0 bridgehead atoms. The van der Waals surface area contributed by atoms with E-state index in [1.807, 2.05) is 11.9 Å². The summed E-state index contributed by atoms with van der Waals surface area (Å²) in [5.41, 5.74) is 2.57. The summed E-state index contributed by atoms with van der Waals surface area (Å²) in [6, 6.07) is 0. The Morgan fingerprint density at radius 1 is 1.56 bits per heavy atom. The van der Waals surface area contributed by atoms with E-state index in [2.05, 4.69) is 17.3 Å². The molecular weight excluding hydrogens is 206 g/mol. The summed E-state index contributed by atoms with van der Waals surface area (Å²) in [6.45, 7) is 4.73. The van der Waals surface area contributed by atoms with Gasteiger partial charge < -0.3 is 9.80 Å². The van der Waals surface area contributed by atoms with Gasteiger partial charge in [0.2, 0.25) is 11.9 Å². The number of hydrogen-bond acceptors (Lipinski definition) is 3. The van der Waals surface area contributed by atoms with Crippen LogP contribution in [0.2, 0.25) is 0 Å². The molecule has 92 valence electrons. The molecule has 3 N–H and O–H groups in total. The van der Waals surface area contributed by atoms with E-state index in [1.165, 1.54) is 0 Å². The predicted molar refractivity (Wildman–Crippen MR) is 63.7 cm³/mol. The van der Waals surface area contributed by atoms with Gasteiger partial charge in [-0.05, 0) is 12.8 Å². The van der Waals surface area contributed by atoms with Crippen molar-refractivity contribution in [1.29, 1.82) is 0 Å². The van der Waals surface area contributed by atoms with Crippen LogP contribution >= 0.6 is 0 Å². The maximum Gasteiger partial charge on any atom is 0.241 e. The van der Waals surface area contributed by atoms with Gasteiger partial charge in [-0.2, -0.15) is 0 Å². The van der Waals surface area contributed by atoms with Crippen molar-refractivity contribution in [2.75, 3.05) is 33.2 Å². The topological polar surface area (TPSA) is 74.0 Å². The monoisotopic (exact) mass is 227 g/mol. The number of nitrogens with zero attached hydrogens (tertiary/aromatic N) is 3. The van der Waals surface area contributed by atoms with Crippen molar-refractivity contribution in [3.8, 4) is 0 Å². The van der Waals surface area contributed by atoms with Gasteiger partial charge in [-0.15, -0.1) is 0 Å². The number of guanidine groups is 1. The van der Waals surface area contributed by atoms with E-state index in [1.54, 1.807) is 4.90 Å². The SMILES string of the molecule is CCCN=C(NN)N1CCCN(C)C(=O)C1. The van der Waals surface area contributed by atoms with Crippen molar-refractivity contribution in [2.24, 2.45) is 10.8 Å². The quantitative estimate of drug-likeness (QED) is 0.285. The molecule has 1 saturated heterocycles. The van der Waals surface area contributed by atoms with E-state index in [-0.39, 0.29) is 5.91 Å². The van der Waals surface area contributed by atoms with Gasteiger partial charge >= 0.3 is 0 Å². The van der Waals surface area contributed by atoms with Crippen LogP contribution in [0, 0.1) is 0 Å². The van der Waals surface area contributed by atoms with Gasteiger partial charge in [0, 0.05) is 26.7 Å². The zero-order valence-corrected chi connectivity index (χ0v) is 10.1. The van der Waals surface area contributed by atoms with Gasteiger partial charge in [0.25, 0.3) is 0 Å². The molecule has 1 amide bonds. The van der Waals surface area contributed by atoms with E-state index >= 15 is 0 Å². The second kappa shape index (κ2) is 6.32. The van der Waals surface area contributed by atoms with E-state index in [0.29, 0.717) is 12.5 Å². The molecule has 0 saturated carbocycles. The Labute approximate surface area is 96.5 Å². The minimum atomic E-state index is 0.108. The van der Waals surface area contributed by atoms with Crippen LogP contribution in [0.5, 0.6) is 0 Å². The zero-order chi connectivity index (χ0) is 12.0. The third kappa shape index (κ3) is 3.37. The van der Waals surface area contributed by atoms with E-state index < -0.39 is 0 Å². The number of nitrogens with one attached hydrogen (secondary N) is 1. The molecule has 0 atom stereocenters.